The van der Waals surface area contributed by atoms with Crippen LogP contribution in [-0.2, 0) is 15.1 Å². The third-order valence-corrected chi connectivity index (χ3v) is 6.64. The van der Waals surface area contributed by atoms with Crippen LogP contribution in [0.5, 0.6) is 0 Å². The number of hydrogen-bond donors (Lipinski definition) is 1. The van der Waals surface area contributed by atoms with Crippen LogP contribution in [0, 0.1) is 17.6 Å². The second kappa shape index (κ2) is 7.63. The van der Waals surface area contributed by atoms with E-state index < -0.39 is 29.1 Å². The number of hydrogen-bond acceptors (Lipinski definition) is 3. The lowest BCUT2D eigenvalue weighted by molar-refractivity contribution is -0.141. The van der Waals surface area contributed by atoms with E-state index in [2.05, 4.69) is 12.2 Å². The average Bonchev–Trinajstić information content (AvgIpc) is 3.50. The number of nitrogens with one attached hydrogen (secondary N) is 1. The summed E-state index contributed by atoms with van der Waals surface area (Å²) in [5.74, 6) is -1.87. The summed E-state index contributed by atoms with van der Waals surface area (Å²) in [6.45, 7) is 3.15. The van der Waals surface area contributed by atoms with Crippen molar-refractivity contribution < 1.29 is 23.2 Å². The summed E-state index contributed by atoms with van der Waals surface area (Å²) in [7, 11) is 0. The summed E-state index contributed by atoms with van der Waals surface area (Å²) in [5.41, 5.74) is -2.01. The number of urea groups is 1. The molecule has 1 heterocycles. The number of carbonyl (C=O) groups excluding carboxylic acids is 3. The molecule has 0 spiro atoms. The Morgan fingerprint density at radius 1 is 1.13 bits per heavy atom. The first-order chi connectivity index (χ1) is 14.2. The fourth-order valence-electron chi connectivity index (χ4n) is 4.70. The maximum absolute atomic E-state index is 14.3. The van der Waals surface area contributed by atoms with Crippen molar-refractivity contribution in [1.82, 2.24) is 15.1 Å². The van der Waals surface area contributed by atoms with Gasteiger partial charge in [-0.05, 0) is 69.6 Å². The van der Waals surface area contributed by atoms with Gasteiger partial charge in [0.2, 0.25) is 5.91 Å². The molecule has 1 atom stereocenters. The Labute approximate surface area is 174 Å². The van der Waals surface area contributed by atoms with E-state index in [1.807, 2.05) is 4.90 Å². The van der Waals surface area contributed by atoms with Crippen LogP contribution in [0.4, 0.5) is 13.6 Å². The standard InChI is InChI=1S/C22H27F2N3O3/c1-13-3-6-15(7-4-13)27(16-8-9-16)19(28)12-26-20(29)22(2,25-21(26)30)17-11-14(23)5-10-18(17)24/h5,10-11,13,15-16H,3-4,6-9,12H2,1-2H3,(H,25,30). The van der Waals surface area contributed by atoms with Gasteiger partial charge >= 0.3 is 6.03 Å². The lowest BCUT2D eigenvalue weighted by atomic mass is 9.86. The molecule has 3 fully saturated rings. The third-order valence-electron chi connectivity index (χ3n) is 6.64. The normalized spacial score (nSPS) is 29.1. The number of carbonyl (C=O) groups is 3. The predicted octanol–water partition coefficient (Wildman–Crippen LogP) is 3.30. The Hall–Kier alpha value is -2.51. The number of imide groups is 1. The first-order valence-corrected chi connectivity index (χ1v) is 10.6. The minimum absolute atomic E-state index is 0.133. The highest BCUT2D eigenvalue weighted by Crippen LogP contribution is 2.36. The molecule has 1 aromatic carbocycles. The Morgan fingerprint density at radius 2 is 1.73 bits per heavy atom. The Kier molecular flexibility index (Phi) is 5.28. The summed E-state index contributed by atoms with van der Waals surface area (Å²) in [5, 5.41) is 2.45. The lowest BCUT2D eigenvalue weighted by Gasteiger charge is -2.37. The van der Waals surface area contributed by atoms with Gasteiger partial charge in [0.25, 0.3) is 5.91 Å². The van der Waals surface area contributed by atoms with E-state index in [1.165, 1.54) is 6.92 Å². The molecule has 2 saturated carbocycles. The van der Waals surface area contributed by atoms with E-state index in [1.54, 1.807) is 0 Å². The van der Waals surface area contributed by atoms with Crippen LogP contribution in [-0.4, -0.2) is 46.3 Å². The van der Waals surface area contributed by atoms with E-state index in [4.69, 9.17) is 0 Å². The van der Waals surface area contributed by atoms with Crippen LogP contribution in [0.25, 0.3) is 0 Å². The van der Waals surface area contributed by atoms with Crippen LogP contribution in [0.2, 0.25) is 0 Å². The van der Waals surface area contributed by atoms with Gasteiger partial charge < -0.3 is 10.2 Å². The molecule has 1 N–H and O–H groups in total. The molecule has 3 aliphatic rings. The molecular formula is C22H27F2N3O3. The SMILES string of the molecule is CC1CCC(N(C(=O)CN2C(=O)NC(C)(c3cc(F)ccc3F)C2=O)C2CC2)CC1. The molecule has 1 aromatic rings. The maximum Gasteiger partial charge on any atom is 0.325 e. The highest BCUT2D eigenvalue weighted by molar-refractivity contribution is 6.09. The van der Waals surface area contributed by atoms with E-state index in [9.17, 15) is 23.2 Å². The van der Waals surface area contributed by atoms with Gasteiger partial charge in [0.15, 0.2) is 0 Å². The van der Waals surface area contributed by atoms with Gasteiger partial charge in [0.1, 0.15) is 23.7 Å². The molecular weight excluding hydrogens is 392 g/mol. The van der Waals surface area contributed by atoms with Crippen LogP contribution in [0.15, 0.2) is 18.2 Å². The molecule has 1 saturated heterocycles. The van der Waals surface area contributed by atoms with Crippen molar-refractivity contribution in [3.63, 3.8) is 0 Å². The number of benzene rings is 1. The zero-order chi connectivity index (χ0) is 21.6. The first-order valence-electron chi connectivity index (χ1n) is 10.6. The fourth-order valence-corrected chi connectivity index (χ4v) is 4.70. The van der Waals surface area contributed by atoms with E-state index in [0.29, 0.717) is 5.92 Å². The molecule has 30 heavy (non-hydrogen) atoms. The van der Waals surface area contributed by atoms with E-state index >= 15 is 0 Å². The highest BCUT2D eigenvalue weighted by atomic mass is 19.1. The second-order valence-electron chi connectivity index (χ2n) is 9.02. The fraction of sp³-hybridized carbons (Fsp3) is 0.591. The monoisotopic (exact) mass is 419 g/mol. The molecule has 1 aliphatic heterocycles. The highest BCUT2D eigenvalue weighted by Gasteiger charge is 2.51. The van der Waals surface area contributed by atoms with E-state index in [0.717, 1.165) is 61.6 Å². The molecule has 162 valence electrons. The number of nitrogens with zero attached hydrogens (tertiary/aromatic N) is 2. The Bertz CT molecular complexity index is 880. The molecule has 1 unspecified atom stereocenters. The van der Waals surface area contributed by atoms with Crippen molar-refractivity contribution in [2.75, 3.05) is 6.54 Å². The van der Waals surface area contributed by atoms with Crippen LogP contribution in [0.3, 0.4) is 0 Å². The average molecular weight is 419 g/mol. The minimum atomic E-state index is -1.76. The van der Waals surface area contributed by atoms with Gasteiger partial charge in [-0.25, -0.2) is 13.6 Å². The number of rotatable bonds is 5. The van der Waals surface area contributed by atoms with Gasteiger partial charge in [0, 0.05) is 17.6 Å². The van der Waals surface area contributed by atoms with Gasteiger partial charge in [-0.3, -0.25) is 14.5 Å². The first kappa shape index (κ1) is 20.8. The third kappa shape index (κ3) is 3.68. The molecule has 4 amide bonds. The van der Waals surface area contributed by atoms with Crippen molar-refractivity contribution in [1.29, 1.82) is 0 Å². The van der Waals surface area contributed by atoms with Gasteiger partial charge in [-0.15, -0.1) is 0 Å². The topological polar surface area (TPSA) is 69.7 Å². The largest absolute Gasteiger partial charge is 0.335 e. The zero-order valence-corrected chi connectivity index (χ0v) is 17.3. The van der Waals surface area contributed by atoms with Crippen molar-refractivity contribution in [2.24, 2.45) is 5.92 Å². The number of halogens is 2. The molecule has 6 nitrogen and oxygen atoms in total. The smallest absolute Gasteiger partial charge is 0.325 e. The molecule has 2 aliphatic carbocycles. The predicted molar refractivity (Wildman–Crippen MR) is 105 cm³/mol. The molecule has 8 heteroatoms. The molecule has 0 radical (unpaired) electrons. The zero-order valence-electron chi connectivity index (χ0n) is 17.3. The Balaban J connectivity index is 1.52. The maximum atomic E-state index is 14.3. The van der Waals surface area contributed by atoms with Gasteiger partial charge in [0.05, 0.1) is 0 Å². The molecule has 0 aromatic heterocycles. The van der Waals surface area contributed by atoms with Gasteiger partial charge in [-0.2, -0.15) is 0 Å². The Morgan fingerprint density at radius 3 is 2.33 bits per heavy atom. The van der Waals surface area contributed by atoms with E-state index in [-0.39, 0.29) is 30.1 Å². The quantitative estimate of drug-likeness (QED) is 0.745. The van der Waals surface area contributed by atoms with Crippen LogP contribution < -0.4 is 5.32 Å². The minimum Gasteiger partial charge on any atom is -0.335 e. The summed E-state index contributed by atoms with van der Waals surface area (Å²) < 4.78 is 28.0. The molecule has 0 bridgehead atoms. The van der Waals surface area contributed by atoms with Gasteiger partial charge in [-0.1, -0.05) is 6.92 Å². The second-order valence-corrected chi connectivity index (χ2v) is 9.02. The lowest BCUT2D eigenvalue weighted by Crippen LogP contribution is -2.49. The van der Waals surface area contributed by atoms with Crippen molar-refractivity contribution in [2.45, 2.75) is 70.0 Å². The van der Waals surface area contributed by atoms with Crippen molar-refractivity contribution >= 4 is 17.8 Å². The summed E-state index contributed by atoms with van der Waals surface area (Å²) in [4.78, 5) is 41.4. The molecule has 4 rings (SSSR count). The summed E-state index contributed by atoms with van der Waals surface area (Å²) in [6, 6.07) is 2.30. The number of amides is 4. The summed E-state index contributed by atoms with van der Waals surface area (Å²) in [6.07, 6.45) is 5.84. The van der Waals surface area contributed by atoms with Crippen molar-refractivity contribution in [3.8, 4) is 0 Å². The van der Waals surface area contributed by atoms with Crippen LogP contribution >= 0.6 is 0 Å². The van der Waals surface area contributed by atoms with Crippen molar-refractivity contribution in [3.05, 3.63) is 35.4 Å². The van der Waals surface area contributed by atoms with Crippen LogP contribution in [0.1, 0.15) is 57.9 Å². The summed E-state index contributed by atoms with van der Waals surface area (Å²) >= 11 is 0.